The fourth-order valence-electron chi connectivity index (χ4n) is 3.33. The third-order valence-electron chi connectivity index (χ3n) is 4.87. The molecule has 1 fully saturated rings. The van der Waals surface area contributed by atoms with Crippen LogP contribution in [-0.4, -0.2) is 57.9 Å². The van der Waals surface area contributed by atoms with E-state index >= 15 is 0 Å². The molecule has 1 amide bonds. The van der Waals surface area contributed by atoms with Gasteiger partial charge in [-0.3, -0.25) is 0 Å². The first-order valence-corrected chi connectivity index (χ1v) is 11.7. The Morgan fingerprint density at radius 2 is 2.00 bits per heavy atom. The van der Waals surface area contributed by atoms with E-state index in [1.807, 2.05) is 54.6 Å². The SMILES string of the molecule is COc1ccccc1-c1cc([AsH]c2ccc(C(=O)NC3CCNC3)cc2)ncn1. The van der Waals surface area contributed by atoms with Gasteiger partial charge in [0, 0.05) is 0 Å². The molecular formula is C22H23AsN4O2. The van der Waals surface area contributed by atoms with E-state index in [4.69, 9.17) is 4.74 Å². The van der Waals surface area contributed by atoms with Gasteiger partial charge in [-0.05, 0) is 0 Å². The standard InChI is InChI=1S/C22H23AsN4O2/c1-29-20-5-3-2-4-18(20)19-12-21(26-14-25-19)23-16-8-6-15(7-9-16)22(28)27-17-10-11-24-13-17/h2-9,12,14,17,23-24H,10-11,13H2,1H3,(H,27,28). The van der Waals surface area contributed by atoms with Crippen molar-refractivity contribution in [2.24, 2.45) is 0 Å². The van der Waals surface area contributed by atoms with Crippen molar-refractivity contribution in [2.45, 2.75) is 12.5 Å². The first-order chi connectivity index (χ1) is 14.2. The third-order valence-corrected chi connectivity index (χ3v) is 7.28. The van der Waals surface area contributed by atoms with Gasteiger partial charge in [0.2, 0.25) is 0 Å². The van der Waals surface area contributed by atoms with E-state index in [0.29, 0.717) is 5.56 Å². The number of hydrogen-bond donors (Lipinski definition) is 2. The van der Waals surface area contributed by atoms with Crippen LogP contribution in [0.2, 0.25) is 0 Å². The van der Waals surface area contributed by atoms with E-state index in [0.717, 1.165) is 41.0 Å². The minimum absolute atomic E-state index is 0.00857. The average Bonchev–Trinajstić information content (AvgIpc) is 3.27. The molecule has 0 radical (unpaired) electrons. The third kappa shape index (κ3) is 4.84. The molecule has 0 spiro atoms. The number of amides is 1. The molecule has 6 nitrogen and oxygen atoms in total. The molecule has 2 atom stereocenters. The molecule has 2 aromatic carbocycles. The van der Waals surface area contributed by atoms with Gasteiger partial charge in [-0.15, -0.1) is 0 Å². The summed E-state index contributed by atoms with van der Waals surface area (Å²) in [6.07, 6.45) is 2.59. The van der Waals surface area contributed by atoms with E-state index < -0.39 is 15.8 Å². The van der Waals surface area contributed by atoms with Crippen LogP contribution in [0, 0.1) is 0 Å². The van der Waals surface area contributed by atoms with Crippen molar-refractivity contribution < 1.29 is 9.53 Å². The number of aromatic nitrogens is 2. The molecule has 2 N–H and O–H groups in total. The van der Waals surface area contributed by atoms with Gasteiger partial charge >= 0.3 is 177 Å². The summed E-state index contributed by atoms with van der Waals surface area (Å²) >= 11 is -0.630. The summed E-state index contributed by atoms with van der Waals surface area (Å²) in [5.41, 5.74) is 2.51. The summed E-state index contributed by atoms with van der Waals surface area (Å²) in [7, 11) is 1.66. The minimum atomic E-state index is -0.630. The molecular weight excluding hydrogens is 427 g/mol. The Hall–Kier alpha value is -2.69. The molecule has 1 aliphatic rings. The Morgan fingerprint density at radius 1 is 1.17 bits per heavy atom. The maximum atomic E-state index is 12.4. The number of carbonyl (C=O) groups is 1. The van der Waals surface area contributed by atoms with Gasteiger partial charge in [-0.2, -0.15) is 0 Å². The van der Waals surface area contributed by atoms with Crippen molar-refractivity contribution in [3.05, 3.63) is 66.5 Å². The number of methoxy groups -OCH3 is 1. The number of benzene rings is 2. The maximum absolute atomic E-state index is 12.4. The van der Waals surface area contributed by atoms with Crippen LogP contribution < -0.4 is 24.2 Å². The normalized spacial score (nSPS) is 16.2. The van der Waals surface area contributed by atoms with E-state index in [-0.39, 0.29) is 11.9 Å². The quantitative estimate of drug-likeness (QED) is 0.539. The second-order valence-electron chi connectivity index (χ2n) is 6.85. The first-order valence-electron chi connectivity index (χ1n) is 9.57. The molecule has 0 saturated carbocycles. The van der Waals surface area contributed by atoms with Crippen molar-refractivity contribution >= 4 is 30.5 Å². The second kappa shape index (κ2) is 9.20. The molecule has 1 saturated heterocycles. The summed E-state index contributed by atoms with van der Waals surface area (Å²) < 4.78 is 7.70. The van der Waals surface area contributed by atoms with E-state index in [1.165, 1.54) is 4.35 Å². The molecule has 2 unspecified atom stereocenters. The Balaban J connectivity index is 1.46. The van der Waals surface area contributed by atoms with Gasteiger partial charge in [0.25, 0.3) is 0 Å². The summed E-state index contributed by atoms with van der Waals surface area (Å²) in [5, 5.41) is 6.34. The van der Waals surface area contributed by atoms with Gasteiger partial charge in [0.1, 0.15) is 0 Å². The van der Waals surface area contributed by atoms with Crippen LogP contribution in [0.4, 0.5) is 0 Å². The predicted octanol–water partition coefficient (Wildman–Crippen LogP) is 0.631. The molecule has 7 heteroatoms. The number of rotatable bonds is 6. The van der Waals surface area contributed by atoms with Crippen molar-refractivity contribution in [2.75, 3.05) is 20.2 Å². The Morgan fingerprint density at radius 3 is 2.76 bits per heavy atom. The van der Waals surface area contributed by atoms with E-state index in [2.05, 4.69) is 20.6 Å². The van der Waals surface area contributed by atoms with Gasteiger partial charge in [0.05, 0.1) is 0 Å². The summed E-state index contributed by atoms with van der Waals surface area (Å²) in [6.45, 7) is 1.81. The van der Waals surface area contributed by atoms with E-state index in [9.17, 15) is 4.79 Å². The Labute approximate surface area is 176 Å². The topological polar surface area (TPSA) is 76.1 Å². The number of ether oxygens (including phenoxy) is 1. The van der Waals surface area contributed by atoms with E-state index in [1.54, 1.807) is 13.4 Å². The van der Waals surface area contributed by atoms with Crippen LogP contribution >= 0.6 is 0 Å². The number of nitrogens with zero attached hydrogens (tertiary/aromatic N) is 2. The number of carbonyl (C=O) groups excluding carboxylic acids is 1. The van der Waals surface area contributed by atoms with Crippen molar-refractivity contribution in [3.63, 3.8) is 0 Å². The Kier molecular flexibility index (Phi) is 6.23. The zero-order valence-electron chi connectivity index (χ0n) is 16.2. The zero-order chi connectivity index (χ0) is 20.1. The molecule has 4 rings (SSSR count). The predicted molar refractivity (Wildman–Crippen MR) is 116 cm³/mol. The molecule has 29 heavy (non-hydrogen) atoms. The molecule has 3 aromatic rings. The Bertz CT molecular complexity index is 988. The summed E-state index contributed by atoms with van der Waals surface area (Å²) in [5.74, 6) is 0.788. The fourth-order valence-corrected chi connectivity index (χ4v) is 5.34. The van der Waals surface area contributed by atoms with Gasteiger partial charge < -0.3 is 0 Å². The number of para-hydroxylation sites is 1. The van der Waals surface area contributed by atoms with Crippen molar-refractivity contribution in [1.29, 1.82) is 0 Å². The van der Waals surface area contributed by atoms with Crippen LogP contribution in [0.25, 0.3) is 11.3 Å². The second-order valence-corrected chi connectivity index (χ2v) is 9.66. The van der Waals surface area contributed by atoms with Crippen LogP contribution in [0.1, 0.15) is 16.8 Å². The monoisotopic (exact) mass is 450 g/mol. The van der Waals surface area contributed by atoms with Crippen LogP contribution in [0.5, 0.6) is 5.75 Å². The van der Waals surface area contributed by atoms with Gasteiger partial charge in [-0.1, -0.05) is 0 Å². The van der Waals surface area contributed by atoms with Crippen LogP contribution in [0.3, 0.4) is 0 Å². The zero-order valence-corrected chi connectivity index (χ0v) is 18.3. The van der Waals surface area contributed by atoms with Gasteiger partial charge in [0.15, 0.2) is 0 Å². The first kappa shape index (κ1) is 19.6. The van der Waals surface area contributed by atoms with Crippen LogP contribution in [0.15, 0.2) is 60.9 Å². The molecule has 2 heterocycles. The molecule has 0 bridgehead atoms. The average molecular weight is 450 g/mol. The van der Waals surface area contributed by atoms with Crippen LogP contribution in [-0.2, 0) is 0 Å². The van der Waals surface area contributed by atoms with Gasteiger partial charge in [-0.25, -0.2) is 0 Å². The molecule has 0 aliphatic carbocycles. The summed E-state index contributed by atoms with van der Waals surface area (Å²) in [4.78, 5) is 21.2. The number of nitrogens with one attached hydrogen (secondary N) is 2. The summed E-state index contributed by atoms with van der Waals surface area (Å²) in [6, 6.07) is 18.0. The molecule has 1 aromatic heterocycles. The molecule has 1 aliphatic heterocycles. The number of hydrogen-bond acceptors (Lipinski definition) is 5. The molecule has 148 valence electrons. The van der Waals surface area contributed by atoms with Crippen molar-refractivity contribution in [1.82, 2.24) is 20.6 Å². The fraction of sp³-hybridized carbons (Fsp3) is 0.227. The van der Waals surface area contributed by atoms with Crippen molar-refractivity contribution in [3.8, 4) is 17.0 Å².